The Hall–Kier alpha value is -3.06. The molecule has 2 aromatic carbocycles. The molecule has 0 aliphatic rings. The molecule has 3 rings (SSSR count). The predicted molar refractivity (Wildman–Crippen MR) is 101 cm³/mol. The van der Waals surface area contributed by atoms with Gasteiger partial charge < -0.3 is 9.88 Å². The number of benzene rings is 2. The number of amides is 1. The summed E-state index contributed by atoms with van der Waals surface area (Å²) in [6, 6.07) is 14.0. The Kier molecular flexibility index (Phi) is 5.56. The molecule has 1 heterocycles. The summed E-state index contributed by atoms with van der Waals surface area (Å²) < 4.78 is 40.5. The van der Waals surface area contributed by atoms with Gasteiger partial charge in [0.1, 0.15) is 0 Å². The van der Waals surface area contributed by atoms with E-state index in [0.717, 1.165) is 6.07 Å². The molecule has 0 atom stereocenters. The average Bonchev–Trinajstić information content (AvgIpc) is 2.65. The van der Waals surface area contributed by atoms with E-state index >= 15 is 0 Å². The first kappa shape index (κ1) is 19.7. The Morgan fingerprint density at radius 2 is 1.68 bits per heavy atom. The largest absolute Gasteiger partial charge is 0.418 e. The summed E-state index contributed by atoms with van der Waals surface area (Å²) in [6.45, 7) is 0.124. The number of aromatic nitrogens is 1. The molecule has 28 heavy (non-hydrogen) atoms. The number of carbonyl (C=O) groups excluding carboxylic acids is 1. The van der Waals surface area contributed by atoms with E-state index in [9.17, 15) is 22.8 Å². The van der Waals surface area contributed by atoms with Crippen LogP contribution in [-0.4, -0.2) is 10.5 Å². The monoisotopic (exact) mass is 406 g/mol. The van der Waals surface area contributed by atoms with Crippen molar-refractivity contribution in [3.8, 4) is 0 Å². The number of nitrogens with zero attached hydrogens (tertiary/aromatic N) is 1. The normalized spacial score (nSPS) is 11.3. The Labute approximate surface area is 163 Å². The van der Waals surface area contributed by atoms with Crippen molar-refractivity contribution in [1.29, 1.82) is 0 Å². The van der Waals surface area contributed by atoms with E-state index in [1.165, 1.54) is 41.1 Å². The number of carbonyl (C=O) groups is 1. The van der Waals surface area contributed by atoms with Crippen LogP contribution in [0.2, 0.25) is 5.02 Å². The Bertz CT molecular complexity index is 1080. The molecule has 0 spiro atoms. The van der Waals surface area contributed by atoms with Gasteiger partial charge in [0.25, 0.3) is 11.5 Å². The molecular weight excluding hydrogens is 393 g/mol. The van der Waals surface area contributed by atoms with Crippen LogP contribution in [0.3, 0.4) is 0 Å². The summed E-state index contributed by atoms with van der Waals surface area (Å²) in [5.41, 5.74) is -0.960. The lowest BCUT2D eigenvalue weighted by Crippen LogP contribution is -2.23. The van der Waals surface area contributed by atoms with Crippen LogP contribution in [0.15, 0.2) is 71.7 Å². The molecule has 0 unspecified atom stereocenters. The van der Waals surface area contributed by atoms with E-state index in [1.54, 1.807) is 24.3 Å². The lowest BCUT2D eigenvalue weighted by atomic mass is 10.1. The summed E-state index contributed by atoms with van der Waals surface area (Å²) in [6.07, 6.45) is -3.32. The number of hydrogen-bond donors (Lipinski definition) is 1. The molecular formula is C20H14ClF3N2O2. The number of alkyl halides is 3. The van der Waals surface area contributed by atoms with Gasteiger partial charge in [-0.25, -0.2) is 0 Å². The lowest BCUT2D eigenvalue weighted by Gasteiger charge is -2.14. The topological polar surface area (TPSA) is 51.1 Å². The van der Waals surface area contributed by atoms with Crippen LogP contribution in [0.25, 0.3) is 0 Å². The highest BCUT2D eigenvalue weighted by Gasteiger charge is 2.33. The number of nitrogens with one attached hydrogen (secondary N) is 1. The quantitative estimate of drug-likeness (QED) is 0.675. The molecule has 0 saturated carbocycles. The minimum Gasteiger partial charge on any atom is -0.321 e. The second-order valence-corrected chi connectivity index (χ2v) is 6.38. The lowest BCUT2D eigenvalue weighted by molar-refractivity contribution is -0.136. The third-order valence-electron chi connectivity index (χ3n) is 4.02. The molecule has 0 radical (unpaired) electrons. The predicted octanol–water partition coefficient (Wildman–Crippen LogP) is 4.82. The van der Waals surface area contributed by atoms with E-state index in [1.807, 2.05) is 0 Å². The van der Waals surface area contributed by atoms with E-state index in [4.69, 9.17) is 11.6 Å². The van der Waals surface area contributed by atoms with Gasteiger partial charge in [0.15, 0.2) is 0 Å². The standard InChI is InChI=1S/C20H14ClF3N2O2/c21-16-7-3-1-5-13(16)11-26-12-14(9-10-18(26)27)19(28)25-17-8-4-2-6-15(17)20(22,23)24/h1-10,12H,11H2,(H,25,28). The molecule has 8 heteroatoms. The Balaban J connectivity index is 1.88. The third-order valence-corrected chi connectivity index (χ3v) is 4.39. The van der Waals surface area contributed by atoms with Crippen LogP contribution < -0.4 is 10.9 Å². The first-order chi connectivity index (χ1) is 13.3. The minimum absolute atomic E-state index is 0.0450. The fourth-order valence-electron chi connectivity index (χ4n) is 2.63. The molecule has 0 aliphatic heterocycles. The minimum atomic E-state index is -4.60. The second kappa shape index (κ2) is 7.90. The van der Waals surface area contributed by atoms with Crippen molar-refractivity contribution in [2.75, 3.05) is 5.32 Å². The summed E-state index contributed by atoms with van der Waals surface area (Å²) in [5.74, 6) is -0.760. The van der Waals surface area contributed by atoms with Gasteiger partial charge in [-0.15, -0.1) is 0 Å². The van der Waals surface area contributed by atoms with Gasteiger partial charge in [0, 0.05) is 17.3 Å². The smallest absolute Gasteiger partial charge is 0.321 e. The van der Waals surface area contributed by atoms with Crippen LogP contribution in [0.1, 0.15) is 21.5 Å². The zero-order valence-electron chi connectivity index (χ0n) is 14.3. The van der Waals surface area contributed by atoms with Crippen LogP contribution in [0.4, 0.5) is 18.9 Å². The van der Waals surface area contributed by atoms with Gasteiger partial charge in [0.2, 0.25) is 0 Å². The van der Waals surface area contributed by atoms with E-state index in [0.29, 0.717) is 10.6 Å². The van der Waals surface area contributed by atoms with E-state index < -0.39 is 17.6 Å². The van der Waals surface area contributed by atoms with Crippen molar-refractivity contribution in [3.63, 3.8) is 0 Å². The second-order valence-electron chi connectivity index (χ2n) is 5.97. The number of anilines is 1. The van der Waals surface area contributed by atoms with Gasteiger partial charge in [-0.1, -0.05) is 41.9 Å². The van der Waals surface area contributed by atoms with Gasteiger partial charge >= 0.3 is 6.18 Å². The van der Waals surface area contributed by atoms with Crippen molar-refractivity contribution in [3.05, 3.63) is 98.9 Å². The summed E-state index contributed by atoms with van der Waals surface area (Å²) in [4.78, 5) is 24.5. The maximum absolute atomic E-state index is 13.1. The molecule has 0 fully saturated rings. The fourth-order valence-corrected chi connectivity index (χ4v) is 2.83. The van der Waals surface area contributed by atoms with Crippen LogP contribution in [0.5, 0.6) is 0 Å². The Morgan fingerprint density at radius 3 is 2.39 bits per heavy atom. The zero-order chi connectivity index (χ0) is 20.3. The molecule has 0 saturated heterocycles. The number of rotatable bonds is 4. The number of para-hydroxylation sites is 1. The molecule has 1 N–H and O–H groups in total. The summed E-state index contributed by atoms with van der Waals surface area (Å²) >= 11 is 6.10. The molecule has 4 nitrogen and oxygen atoms in total. The maximum Gasteiger partial charge on any atom is 0.418 e. The number of halogens is 4. The van der Waals surface area contributed by atoms with Crippen molar-refractivity contribution < 1.29 is 18.0 Å². The molecule has 144 valence electrons. The zero-order valence-corrected chi connectivity index (χ0v) is 15.1. The van der Waals surface area contributed by atoms with Crippen molar-refractivity contribution in [1.82, 2.24) is 4.57 Å². The molecule has 0 bridgehead atoms. The third kappa shape index (κ3) is 4.43. The van der Waals surface area contributed by atoms with Gasteiger partial charge in [0.05, 0.1) is 23.4 Å². The maximum atomic E-state index is 13.1. The highest BCUT2D eigenvalue weighted by Crippen LogP contribution is 2.34. The van der Waals surface area contributed by atoms with Crippen molar-refractivity contribution >= 4 is 23.2 Å². The molecule has 0 aliphatic carbocycles. The molecule has 1 amide bonds. The van der Waals surface area contributed by atoms with Gasteiger partial charge in [-0.2, -0.15) is 13.2 Å². The molecule has 3 aromatic rings. The highest BCUT2D eigenvalue weighted by molar-refractivity contribution is 6.31. The van der Waals surface area contributed by atoms with Crippen LogP contribution >= 0.6 is 11.6 Å². The average molecular weight is 407 g/mol. The number of hydrogen-bond acceptors (Lipinski definition) is 2. The van der Waals surface area contributed by atoms with Crippen molar-refractivity contribution in [2.45, 2.75) is 12.7 Å². The first-order valence-electron chi connectivity index (χ1n) is 8.17. The first-order valence-corrected chi connectivity index (χ1v) is 8.55. The van der Waals surface area contributed by atoms with Gasteiger partial charge in [-0.3, -0.25) is 9.59 Å². The number of pyridine rings is 1. The van der Waals surface area contributed by atoms with Crippen molar-refractivity contribution in [2.24, 2.45) is 0 Å². The fraction of sp³-hybridized carbons (Fsp3) is 0.100. The van der Waals surface area contributed by atoms with Crippen LogP contribution in [0, 0.1) is 0 Å². The molecule has 1 aromatic heterocycles. The Morgan fingerprint density at radius 1 is 1.00 bits per heavy atom. The van der Waals surface area contributed by atoms with E-state index in [2.05, 4.69) is 5.32 Å². The summed E-state index contributed by atoms with van der Waals surface area (Å²) in [5, 5.41) is 2.72. The highest BCUT2D eigenvalue weighted by atomic mass is 35.5. The van der Waals surface area contributed by atoms with E-state index in [-0.39, 0.29) is 23.4 Å². The summed E-state index contributed by atoms with van der Waals surface area (Å²) in [7, 11) is 0. The van der Waals surface area contributed by atoms with Gasteiger partial charge in [-0.05, 0) is 29.8 Å². The SMILES string of the molecule is O=C(Nc1ccccc1C(F)(F)F)c1ccc(=O)n(Cc2ccccc2Cl)c1. The van der Waals surface area contributed by atoms with Crippen LogP contribution in [-0.2, 0) is 12.7 Å².